The number of amides is 1. The number of rotatable bonds is 5. The van der Waals surface area contributed by atoms with Crippen LogP contribution >= 0.6 is 11.3 Å². The van der Waals surface area contributed by atoms with E-state index < -0.39 is 23.5 Å². The van der Waals surface area contributed by atoms with Gasteiger partial charge >= 0.3 is 6.18 Å². The minimum absolute atomic E-state index is 0.105. The van der Waals surface area contributed by atoms with Crippen LogP contribution in [-0.2, 0) is 17.4 Å². The summed E-state index contributed by atoms with van der Waals surface area (Å²) in [7, 11) is 1.36. The topological polar surface area (TPSA) is 51.2 Å². The summed E-state index contributed by atoms with van der Waals surface area (Å²) in [4.78, 5) is 16.3. The van der Waals surface area contributed by atoms with Crippen LogP contribution in [0, 0.1) is 5.82 Å². The van der Waals surface area contributed by atoms with Gasteiger partial charge in [0.1, 0.15) is 0 Å². The van der Waals surface area contributed by atoms with E-state index in [2.05, 4.69) is 10.3 Å². The fourth-order valence-electron chi connectivity index (χ4n) is 2.50. The van der Waals surface area contributed by atoms with Gasteiger partial charge in [-0.1, -0.05) is 18.2 Å². The van der Waals surface area contributed by atoms with E-state index in [0.29, 0.717) is 11.3 Å². The fourth-order valence-corrected chi connectivity index (χ4v) is 3.23. The van der Waals surface area contributed by atoms with Crippen molar-refractivity contribution in [3.8, 4) is 17.0 Å². The summed E-state index contributed by atoms with van der Waals surface area (Å²) in [6.07, 6.45) is -4.69. The van der Waals surface area contributed by atoms with Gasteiger partial charge in [-0.15, -0.1) is 11.3 Å². The molecule has 0 aliphatic rings. The number of carbonyl (C=O) groups excluding carboxylic acids is 1. The van der Waals surface area contributed by atoms with Crippen LogP contribution in [0.3, 0.4) is 0 Å². The van der Waals surface area contributed by atoms with Crippen molar-refractivity contribution in [3.63, 3.8) is 0 Å². The molecule has 0 unspecified atom stereocenters. The van der Waals surface area contributed by atoms with E-state index in [0.717, 1.165) is 23.5 Å². The van der Waals surface area contributed by atoms with Gasteiger partial charge in [0.25, 0.3) is 0 Å². The quantitative estimate of drug-likeness (QED) is 0.592. The Kier molecular flexibility index (Phi) is 5.64. The first-order valence-corrected chi connectivity index (χ1v) is 8.89. The molecular weight excluding hydrogens is 396 g/mol. The molecule has 2 aromatic carbocycles. The first-order chi connectivity index (χ1) is 13.3. The van der Waals surface area contributed by atoms with Crippen molar-refractivity contribution >= 4 is 22.4 Å². The monoisotopic (exact) mass is 410 g/mol. The number of nitrogens with zero attached hydrogens (tertiary/aromatic N) is 1. The lowest BCUT2D eigenvalue weighted by Gasteiger charge is -2.08. The summed E-state index contributed by atoms with van der Waals surface area (Å²) in [6, 6.07) is 8.95. The zero-order chi connectivity index (χ0) is 20.3. The lowest BCUT2D eigenvalue weighted by atomic mass is 10.1. The number of nitrogens with one attached hydrogen (secondary N) is 1. The van der Waals surface area contributed by atoms with E-state index >= 15 is 0 Å². The van der Waals surface area contributed by atoms with Crippen LogP contribution in [0.2, 0.25) is 0 Å². The zero-order valence-electron chi connectivity index (χ0n) is 14.5. The molecule has 0 spiro atoms. The van der Waals surface area contributed by atoms with Crippen molar-refractivity contribution < 1.29 is 27.1 Å². The highest BCUT2D eigenvalue weighted by Gasteiger charge is 2.30. The summed E-state index contributed by atoms with van der Waals surface area (Å²) in [5.74, 6) is -0.933. The molecule has 0 saturated carbocycles. The molecule has 0 bridgehead atoms. The molecule has 28 heavy (non-hydrogen) atoms. The molecule has 3 aromatic rings. The molecule has 1 N–H and O–H groups in total. The van der Waals surface area contributed by atoms with Crippen molar-refractivity contribution in [1.29, 1.82) is 0 Å². The second kappa shape index (κ2) is 7.97. The van der Waals surface area contributed by atoms with E-state index in [-0.39, 0.29) is 22.9 Å². The number of carbonyl (C=O) groups is 1. The highest BCUT2D eigenvalue weighted by atomic mass is 32.1. The lowest BCUT2D eigenvalue weighted by molar-refractivity contribution is -0.137. The van der Waals surface area contributed by atoms with Gasteiger partial charge in [0.15, 0.2) is 16.7 Å². The molecule has 0 aliphatic heterocycles. The molecule has 0 fully saturated rings. The third-order valence-corrected chi connectivity index (χ3v) is 4.57. The zero-order valence-corrected chi connectivity index (χ0v) is 15.3. The maximum Gasteiger partial charge on any atom is 0.416 e. The minimum Gasteiger partial charge on any atom is -0.494 e. The third-order valence-electron chi connectivity index (χ3n) is 3.82. The largest absolute Gasteiger partial charge is 0.494 e. The van der Waals surface area contributed by atoms with Gasteiger partial charge in [-0.3, -0.25) is 4.79 Å². The van der Waals surface area contributed by atoms with Gasteiger partial charge in [0, 0.05) is 10.9 Å². The molecule has 1 aromatic heterocycles. The second-order valence-corrected chi connectivity index (χ2v) is 6.67. The summed E-state index contributed by atoms with van der Waals surface area (Å²) in [5, 5.41) is 4.45. The van der Waals surface area contributed by atoms with Crippen LogP contribution in [-0.4, -0.2) is 18.0 Å². The number of hydrogen-bond donors (Lipinski definition) is 1. The van der Waals surface area contributed by atoms with Crippen molar-refractivity contribution in [2.24, 2.45) is 0 Å². The maximum atomic E-state index is 13.8. The number of methoxy groups -OCH3 is 1. The first-order valence-electron chi connectivity index (χ1n) is 8.01. The predicted octanol–water partition coefficient (Wildman–Crippen LogP) is 5.16. The van der Waals surface area contributed by atoms with Gasteiger partial charge in [0.2, 0.25) is 5.91 Å². The molecule has 9 heteroatoms. The number of hydrogen-bond acceptors (Lipinski definition) is 4. The number of benzene rings is 2. The molecule has 0 radical (unpaired) electrons. The van der Waals surface area contributed by atoms with E-state index in [9.17, 15) is 22.4 Å². The third kappa shape index (κ3) is 4.66. The van der Waals surface area contributed by atoms with E-state index in [1.165, 1.54) is 31.4 Å². The van der Waals surface area contributed by atoms with Gasteiger partial charge < -0.3 is 10.1 Å². The van der Waals surface area contributed by atoms with E-state index in [1.54, 1.807) is 11.4 Å². The Bertz CT molecular complexity index is 1000. The first kappa shape index (κ1) is 19.8. The lowest BCUT2D eigenvalue weighted by Crippen LogP contribution is -2.15. The molecular formula is C19H14F4N2O2S. The number of aromatic nitrogens is 1. The normalized spacial score (nSPS) is 11.3. The SMILES string of the molecule is COc1ccc(-c2csc(NC(=O)Cc3cccc(C(F)(F)F)c3)n2)cc1F. The molecule has 0 atom stereocenters. The standard InChI is InChI=1S/C19H14F4N2O2S/c1-27-16-6-5-12(9-14(16)20)15-10-28-18(24-15)25-17(26)8-11-3-2-4-13(7-11)19(21,22)23/h2-7,9-10H,8H2,1H3,(H,24,25,26). The molecule has 1 heterocycles. The van der Waals surface area contributed by atoms with Gasteiger partial charge in [-0.2, -0.15) is 13.2 Å². The van der Waals surface area contributed by atoms with Crippen molar-refractivity contribution in [3.05, 3.63) is 64.8 Å². The Balaban J connectivity index is 1.68. The van der Waals surface area contributed by atoms with Crippen LogP contribution in [0.5, 0.6) is 5.75 Å². The van der Waals surface area contributed by atoms with Gasteiger partial charge in [-0.05, 0) is 29.8 Å². The Morgan fingerprint density at radius 2 is 2.00 bits per heavy atom. The number of ether oxygens (including phenoxy) is 1. The highest BCUT2D eigenvalue weighted by molar-refractivity contribution is 7.14. The van der Waals surface area contributed by atoms with E-state index in [4.69, 9.17) is 4.74 Å². The number of anilines is 1. The smallest absolute Gasteiger partial charge is 0.416 e. The average Bonchev–Trinajstić information content (AvgIpc) is 3.09. The number of halogens is 4. The van der Waals surface area contributed by atoms with Crippen LogP contribution < -0.4 is 10.1 Å². The number of thiazole rings is 1. The minimum atomic E-state index is -4.47. The average molecular weight is 410 g/mol. The highest BCUT2D eigenvalue weighted by Crippen LogP contribution is 2.30. The number of alkyl halides is 3. The molecule has 0 saturated heterocycles. The summed E-state index contributed by atoms with van der Waals surface area (Å²) in [6.45, 7) is 0. The van der Waals surface area contributed by atoms with Crippen LogP contribution in [0.1, 0.15) is 11.1 Å². The van der Waals surface area contributed by atoms with Crippen LogP contribution in [0.15, 0.2) is 47.8 Å². The van der Waals surface area contributed by atoms with Gasteiger partial charge in [0.05, 0.1) is 24.8 Å². The molecule has 1 amide bonds. The fraction of sp³-hybridized carbons (Fsp3) is 0.158. The van der Waals surface area contributed by atoms with Crippen molar-refractivity contribution in [1.82, 2.24) is 4.98 Å². The van der Waals surface area contributed by atoms with Gasteiger partial charge in [-0.25, -0.2) is 9.37 Å². The van der Waals surface area contributed by atoms with E-state index in [1.807, 2.05) is 0 Å². The Hall–Kier alpha value is -2.94. The Labute approximate surface area is 161 Å². The van der Waals surface area contributed by atoms with Crippen molar-refractivity contribution in [2.45, 2.75) is 12.6 Å². The summed E-state index contributed by atoms with van der Waals surface area (Å²) < 4.78 is 56.9. The molecule has 3 rings (SSSR count). The molecule has 146 valence electrons. The summed E-state index contributed by atoms with van der Waals surface area (Å²) in [5.41, 5.74) is 0.394. The molecule has 0 aliphatic carbocycles. The predicted molar refractivity (Wildman–Crippen MR) is 97.8 cm³/mol. The van der Waals surface area contributed by atoms with Crippen LogP contribution in [0.25, 0.3) is 11.3 Å². The maximum absolute atomic E-state index is 13.8. The Morgan fingerprint density at radius 3 is 2.68 bits per heavy atom. The molecule has 4 nitrogen and oxygen atoms in total. The van der Waals surface area contributed by atoms with Crippen molar-refractivity contribution in [2.75, 3.05) is 12.4 Å². The second-order valence-electron chi connectivity index (χ2n) is 5.81. The van der Waals surface area contributed by atoms with Crippen LogP contribution in [0.4, 0.5) is 22.7 Å². The Morgan fingerprint density at radius 1 is 1.21 bits per heavy atom. The summed E-state index contributed by atoms with van der Waals surface area (Å²) >= 11 is 1.13.